The van der Waals surface area contributed by atoms with Gasteiger partial charge < -0.3 is 19.8 Å². The van der Waals surface area contributed by atoms with Gasteiger partial charge in [0.2, 0.25) is 0 Å². The summed E-state index contributed by atoms with van der Waals surface area (Å²) in [6.45, 7) is 4.19. The van der Waals surface area contributed by atoms with Gasteiger partial charge in [-0.2, -0.15) is 0 Å². The van der Waals surface area contributed by atoms with Crippen LogP contribution in [0.2, 0.25) is 0 Å². The smallest absolute Gasteiger partial charge is 0.309 e. The van der Waals surface area contributed by atoms with Gasteiger partial charge >= 0.3 is 5.97 Å². The van der Waals surface area contributed by atoms with Gasteiger partial charge in [0.1, 0.15) is 5.75 Å². The van der Waals surface area contributed by atoms with Gasteiger partial charge in [0.15, 0.2) is 0 Å². The lowest BCUT2D eigenvalue weighted by Gasteiger charge is -2.36. The van der Waals surface area contributed by atoms with Crippen molar-refractivity contribution in [1.82, 2.24) is 4.90 Å². The Balaban J connectivity index is 0.000000735. The van der Waals surface area contributed by atoms with E-state index in [1.807, 2.05) is 18.2 Å². The fraction of sp³-hybridized carbons (Fsp3) is 0.417. The molecule has 1 aliphatic heterocycles. The monoisotopic (exact) mass is 413 g/mol. The number of carbonyl (C=O) groups is 2. The third-order valence-electron chi connectivity index (χ3n) is 4.89. The molecule has 1 fully saturated rings. The van der Waals surface area contributed by atoms with Crippen molar-refractivity contribution in [2.24, 2.45) is 5.92 Å². The molecule has 3 rings (SSSR count). The summed E-state index contributed by atoms with van der Waals surface area (Å²) in [7, 11) is 0. The van der Waals surface area contributed by atoms with Crippen LogP contribution in [0.25, 0.3) is 0 Å². The van der Waals surface area contributed by atoms with Crippen molar-refractivity contribution < 1.29 is 24.5 Å². The Kier molecular flexibility index (Phi) is 9.87. The van der Waals surface area contributed by atoms with Gasteiger partial charge in [-0.3, -0.25) is 9.59 Å². The average Bonchev–Trinajstić information content (AvgIpc) is 2.68. The summed E-state index contributed by atoms with van der Waals surface area (Å²) in [6, 6.07) is 18.8. The number of benzene rings is 2. The predicted octanol–water partition coefficient (Wildman–Crippen LogP) is 3.74. The summed E-state index contributed by atoms with van der Waals surface area (Å²) in [5, 5.41) is 16.3. The Morgan fingerprint density at radius 2 is 1.50 bits per heavy atom. The van der Waals surface area contributed by atoms with Crippen molar-refractivity contribution in [3.8, 4) is 5.75 Å². The lowest BCUT2D eigenvalue weighted by molar-refractivity contribution is -0.147. The van der Waals surface area contributed by atoms with Crippen LogP contribution in [-0.2, 0) is 22.4 Å². The molecular formula is C24H31NO5. The quantitative estimate of drug-likeness (QED) is 0.577. The van der Waals surface area contributed by atoms with Crippen LogP contribution in [0.15, 0.2) is 54.6 Å². The minimum absolute atomic E-state index is 0.159. The van der Waals surface area contributed by atoms with Crippen LogP contribution in [0.3, 0.4) is 0 Å². The lowest BCUT2D eigenvalue weighted by Crippen LogP contribution is -2.50. The third-order valence-corrected chi connectivity index (χ3v) is 4.89. The number of nitrogens with zero attached hydrogens (tertiary/aromatic N) is 1. The van der Waals surface area contributed by atoms with Crippen LogP contribution in [0.4, 0.5) is 0 Å². The summed E-state index contributed by atoms with van der Waals surface area (Å²) in [5.41, 5.74) is 2.65. The van der Waals surface area contributed by atoms with Crippen LogP contribution in [0.5, 0.6) is 5.75 Å². The molecule has 2 aromatic rings. The van der Waals surface area contributed by atoms with Crippen molar-refractivity contribution in [2.75, 3.05) is 26.2 Å². The summed E-state index contributed by atoms with van der Waals surface area (Å²) >= 11 is 0. The molecule has 2 N–H and O–H groups in total. The van der Waals surface area contributed by atoms with E-state index in [0.29, 0.717) is 13.1 Å². The van der Waals surface area contributed by atoms with Crippen molar-refractivity contribution >= 4 is 11.9 Å². The molecule has 0 unspecified atom stereocenters. The fourth-order valence-corrected chi connectivity index (χ4v) is 3.28. The van der Waals surface area contributed by atoms with Gasteiger partial charge in [0.25, 0.3) is 5.97 Å². The Morgan fingerprint density at radius 1 is 0.933 bits per heavy atom. The van der Waals surface area contributed by atoms with E-state index in [9.17, 15) is 4.79 Å². The summed E-state index contributed by atoms with van der Waals surface area (Å²) in [4.78, 5) is 22.0. The highest BCUT2D eigenvalue weighted by Crippen LogP contribution is 2.18. The molecule has 0 aromatic heterocycles. The van der Waals surface area contributed by atoms with E-state index < -0.39 is 11.9 Å². The number of aryl methyl sites for hydroxylation is 2. The van der Waals surface area contributed by atoms with Gasteiger partial charge in [-0.15, -0.1) is 0 Å². The largest absolute Gasteiger partial charge is 0.494 e. The first kappa shape index (κ1) is 23.4. The summed E-state index contributed by atoms with van der Waals surface area (Å²) in [6.07, 6.45) is 4.13. The van der Waals surface area contributed by atoms with Crippen molar-refractivity contribution in [2.45, 2.75) is 32.6 Å². The molecule has 6 nitrogen and oxygen atoms in total. The number of ether oxygens (including phenoxy) is 1. The second-order valence-electron chi connectivity index (χ2n) is 7.50. The number of aliphatic carboxylic acids is 2. The molecule has 1 aliphatic rings. The van der Waals surface area contributed by atoms with Crippen LogP contribution in [0.1, 0.15) is 30.9 Å². The molecule has 30 heavy (non-hydrogen) atoms. The Hall–Kier alpha value is -2.86. The van der Waals surface area contributed by atoms with Gasteiger partial charge in [0, 0.05) is 20.0 Å². The van der Waals surface area contributed by atoms with Gasteiger partial charge in [-0.25, -0.2) is 0 Å². The molecule has 0 atom stereocenters. The molecule has 0 saturated carbocycles. The normalized spacial score (nSPS) is 13.6. The zero-order chi connectivity index (χ0) is 21.8. The predicted molar refractivity (Wildman–Crippen MR) is 116 cm³/mol. The van der Waals surface area contributed by atoms with Crippen LogP contribution in [0, 0.1) is 5.92 Å². The van der Waals surface area contributed by atoms with E-state index in [2.05, 4.69) is 41.3 Å². The fourth-order valence-electron chi connectivity index (χ4n) is 3.28. The van der Waals surface area contributed by atoms with E-state index in [1.165, 1.54) is 11.1 Å². The van der Waals surface area contributed by atoms with E-state index in [0.717, 1.165) is 51.5 Å². The molecular weight excluding hydrogens is 382 g/mol. The zero-order valence-corrected chi connectivity index (χ0v) is 17.5. The standard InChI is InChI=1S/C22H27NO3.C2H4O2/c24-22(25)20-16-23(17-20)14-4-8-19-10-12-21(13-11-19)26-15-5-9-18-6-2-1-3-7-18;1-2(3)4/h1-3,6-7,10-13,20H,4-5,8-9,14-17H2,(H,24,25);1H3,(H,3,4). The highest BCUT2D eigenvalue weighted by molar-refractivity contribution is 5.71. The van der Waals surface area contributed by atoms with Crippen molar-refractivity contribution in [3.63, 3.8) is 0 Å². The van der Waals surface area contributed by atoms with Gasteiger partial charge in [0.05, 0.1) is 12.5 Å². The first-order chi connectivity index (χ1) is 14.4. The first-order valence-electron chi connectivity index (χ1n) is 10.3. The number of carboxylic acid groups (broad SMARTS) is 2. The van der Waals surface area contributed by atoms with Crippen LogP contribution in [-0.4, -0.2) is 53.3 Å². The maximum Gasteiger partial charge on any atom is 0.309 e. The van der Waals surface area contributed by atoms with E-state index in [4.69, 9.17) is 19.7 Å². The number of rotatable bonds is 10. The maximum absolute atomic E-state index is 10.8. The topological polar surface area (TPSA) is 87.1 Å². The highest BCUT2D eigenvalue weighted by atomic mass is 16.5. The molecule has 162 valence electrons. The lowest BCUT2D eigenvalue weighted by atomic mass is 10.00. The average molecular weight is 414 g/mol. The first-order valence-corrected chi connectivity index (χ1v) is 10.3. The number of likely N-dealkylation sites (tertiary alicyclic amines) is 1. The Bertz CT molecular complexity index is 766. The van der Waals surface area contributed by atoms with Gasteiger partial charge in [-0.1, -0.05) is 42.5 Å². The molecule has 6 heteroatoms. The molecule has 0 radical (unpaired) electrons. The minimum Gasteiger partial charge on any atom is -0.494 e. The summed E-state index contributed by atoms with van der Waals surface area (Å²) < 4.78 is 5.82. The van der Waals surface area contributed by atoms with E-state index in [1.54, 1.807) is 0 Å². The SMILES string of the molecule is CC(=O)O.O=C(O)C1CN(CCCc2ccc(OCCCc3ccccc3)cc2)C1. The molecule has 0 amide bonds. The molecule has 0 spiro atoms. The van der Waals surface area contributed by atoms with E-state index >= 15 is 0 Å². The second-order valence-corrected chi connectivity index (χ2v) is 7.50. The van der Waals surface area contributed by atoms with Crippen molar-refractivity contribution in [1.29, 1.82) is 0 Å². The molecule has 2 aromatic carbocycles. The molecule has 1 saturated heterocycles. The third kappa shape index (κ3) is 9.09. The number of carboxylic acids is 2. The Labute approximate surface area is 178 Å². The molecule has 0 aliphatic carbocycles. The number of hydrogen-bond donors (Lipinski definition) is 2. The molecule has 1 heterocycles. The highest BCUT2D eigenvalue weighted by Gasteiger charge is 2.31. The van der Waals surface area contributed by atoms with Gasteiger partial charge in [-0.05, 0) is 55.5 Å². The zero-order valence-electron chi connectivity index (χ0n) is 17.5. The van der Waals surface area contributed by atoms with Crippen LogP contribution >= 0.6 is 0 Å². The maximum atomic E-state index is 10.8. The Morgan fingerprint density at radius 3 is 2.10 bits per heavy atom. The molecule has 0 bridgehead atoms. The van der Waals surface area contributed by atoms with E-state index in [-0.39, 0.29) is 5.92 Å². The summed E-state index contributed by atoms with van der Waals surface area (Å²) in [5.74, 6) is -0.734. The van der Waals surface area contributed by atoms with Crippen LogP contribution < -0.4 is 4.74 Å². The number of hydrogen-bond acceptors (Lipinski definition) is 4. The van der Waals surface area contributed by atoms with Crippen molar-refractivity contribution in [3.05, 3.63) is 65.7 Å². The minimum atomic E-state index is -0.833. The second kappa shape index (κ2) is 12.6.